The molecule has 0 fully saturated rings. The molecule has 108 valence electrons. The van der Waals surface area contributed by atoms with Gasteiger partial charge in [-0.15, -0.1) is 0 Å². The topological polar surface area (TPSA) is 34.1 Å². The Balaban J connectivity index is 2.34. The fourth-order valence-electron chi connectivity index (χ4n) is 2.48. The van der Waals surface area contributed by atoms with Gasteiger partial charge in [0.05, 0.1) is 6.10 Å². The van der Waals surface area contributed by atoms with Crippen molar-refractivity contribution < 1.29 is 4.74 Å². The maximum Gasteiger partial charge on any atom is 0.0561 e. The third-order valence-corrected chi connectivity index (χ3v) is 3.69. The second kappa shape index (κ2) is 7.36. The lowest BCUT2D eigenvalue weighted by atomic mass is 9.97. The van der Waals surface area contributed by atoms with Gasteiger partial charge in [-0.05, 0) is 37.3 Å². The Morgan fingerprint density at radius 1 is 1.25 bits per heavy atom. The quantitative estimate of drug-likeness (QED) is 0.834. The van der Waals surface area contributed by atoms with Crippen molar-refractivity contribution in [3.8, 4) is 0 Å². The maximum atomic E-state index is 5.43. The first kappa shape index (κ1) is 14.9. The number of aromatic nitrogens is 1. The first-order valence-corrected chi connectivity index (χ1v) is 7.35. The van der Waals surface area contributed by atoms with E-state index < -0.39 is 0 Å². The molecule has 0 spiro atoms. The van der Waals surface area contributed by atoms with E-state index in [4.69, 9.17) is 4.74 Å². The van der Waals surface area contributed by atoms with Crippen LogP contribution in [-0.2, 0) is 4.74 Å². The summed E-state index contributed by atoms with van der Waals surface area (Å²) in [6.45, 7) is 5.30. The first-order chi connectivity index (χ1) is 9.76. The lowest BCUT2D eigenvalue weighted by Gasteiger charge is -2.23. The number of nitrogens with one attached hydrogen (secondary N) is 1. The van der Waals surface area contributed by atoms with Crippen molar-refractivity contribution >= 4 is 10.8 Å². The zero-order chi connectivity index (χ0) is 14.4. The van der Waals surface area contributed by atoms with Crippen LogP contribution >= 0.6 is 0 Å². The molecule has 0 aliphatic heterocycles. The lowest BCUT2D eigenvalue weighted by molar-refractivity contribution is 0.100. The van der Waals surface area contributed by atoms with Gasteiger partial charge in [0, 0.05) is 30.9 Å². The molecular formula is C17H24N2O. The predicted octanol–water partition coefficient (Wildman–Crippen LogP) is 3.70. The highest BCUT2D eigenvalue weighted by Crippen LogP contribution is 2.26. The molecule has 1 N–H and O–H groups in total. The van der Waals surface area contributed by atoms with Gasteiger partial charge >= 0.3 is 0 Å². The molecule has 1 aromatic heterocycles. The average Bonchev–Trinajstić information content (AvgIpc) is 2.50. The second-order valence-electron chi connectivity index (χ2n) is 5.24. The van der Waals surface area contributed by atoms with E-state index in [0.29, 0.717) is 0 Å². The van der Waals surface area contributed by atoms with Crippen LogP contribution in [0.5, 0.6) is 0 Å². The highest BCUT2D eigenvalue weighted by Gasteiger charge is 2.17. The summed E-state index contributed by atoms with van der Waals surface area (Å²) >= 11 is 0. The van der Waals surface area contributed by atoms with Crippen molar-refractivity contribution in [3.05, 3.63) is 42.2 Å². The molecule has 2 rings (SSSR count). The van der Waals surface area contributed by atoms with Gasteiger partial charge in [-0.25, -0.2) is 0 Å². The van der Waals surface area contributed by atoms with E-state index in [1.165, 1.54) is 16.3 Å². The number of fused-ring (bicyclic) bond motifs is 1. The van der Waals surface area contributed by atoms with Gasteiger partial charge < -0.3 is 10.1 Å². The third kappa shape index (κ3) is 3.56. The normalized spacial score (nSPS) is 14.3. The van der Waals surface area contributed by atoms with Gasteiger partial charge in [0.15, 0.2) is 0 Å². The number of benzene rings is 1. The summed E-state index contributed by atoms with van der Waals surface area (Å²) in [5.41, 5.74) is 1.26. The van der Waals surface area contributed by atoms with E-state index in [-0.39, 0.29) is 12.1 Å². The van der Waals surface area contributed by atoms with Gasteiger partial charge in [0.2, 0.25) is 0 Å². The highest BCUT2D eigenvalue weighted by molar-refractivity contribution is 5.85. The molecular weight excluding hydrogens is 248 g/mol. The van der Waals surface area contributed by atoms with Crippen molar-refractivity contribution in [1.82, 2.24) is 10.3 Å². The molecule has 20 heavy (non-hydrogen) atoms. The summed E-state index contributed by atoms with van der Waals surface area (Å²) in [7, 11) is 1.77. The van der Waals surface area contributed by atoms with Crippen LogP contribution in [0.3, 0.4) is 0 Å². The molecule has 0 aliphatic rings. The van der Waals surface area contributed by atoms with E-state index in [1.54, 1.807) is 7.11 Å². The number of rotatable bonds is 7. The number of methoxy groups -OCH3 is 1. The molecule has 0 bridgehead atoms. The fraction of sp³-hybridized carbons (Fsp3) is 0.471. The van der Waals surface area contributed by atoms with Crippen LogP contribution in [0.15, 0.2) is 36.7 Å². The van der Waals surface area contributed by atoms with Crippen LogP contribution in [0.25, 0.3) is 10.8 Å². The second-order valence-corrected chi connectivity index (χ2v) is 5.24. The number of hydrogen-bond donors (Lipinski definition) is 1. The Morgan fingerprint density at radius 2 is 2.05 bits per heavy atom. The predicted molar refractivity (Wildman–Crippen MR) is 83.9 cm³/mol. The smallest absolute Gasteiger partial charge is 0.0561 e. The first-order valence-electron chi connectivity index (χ1n) is 7.35. The molecule has 2 unspecified atom stereocenters. The van der Waals surface area contributed by atoms with Crippen molar-refractivity contribution in [1.29, 1.82) is 0 Å². The Morgan fingerprint density at radius 3 is 2.80 bits per heavy atom. The van der Waals surface area contributed by atoms with Crippen molar-refractivity contribution in [2.24, 2.45) is 0 Å². The maximum absolute atomic E-state index is 5.43. The Kier molecular flexibility index (Phi) is 5.50. The summed E-state index contributed by atoms with van der Waals surface area (Å²) in [6.07, 6.45) is 6.21. The fourth-order valence-corrected chi connectivity index (χ4v) is 2.48. The Labute approximate surface area is 121 Å². The standard InChI is InChI=1S/C17H24N2O/c1-4-9-19-17(10-13(2)20-3)16-12-18-11-14-7-5-6-8-15(14)16/h5-8,11-13,17,19H,4,9-10H2,1-3H3. The minimum Gasteiger partial charge on any atom is -0.382 e. The number of hydrogen-bond acceptors (Lipinski definition) is 3. The number of nitrogens with zero attached hydrogens (tertiary/aromatic N) is 1. The van der Waals surface area contributed by atoms with E-state index in [0.717, 1.165) is 19.4 Å². The molecule has 0 saturated heterocycles. The van der Waals surface area contributed by atoms with Gasteiger partial charge in [-0.3, -0.25) is 4.98 Å². The average molecular weight is 272 g/mol. The van der Waals surface area contributed by atoms with Crippen LogP contribution in [0.2, 0.25) is 0 Å². The van der Waals surface area contributed by atoms with Crippen LogP contribution in [0.1, 0.15) is 38.3 Å². The van der Waals surface area contributed by atoms with Gasteiger partial charge in [-0.2, -0.15) is 0 Å². The third-order valence-electron chi connectivity index (χ3n) is 3.69. The zero-order valence-electron chi connectivity index (χ0n) is 12.6. The zero-order valence-corrected chi connectivity index (χ0v) is 12.6. The Bertz CT molecular complexity index is 536. The molecule has 0 amide bonds. The molecule has 0 saturated carbocycles. The molecule has 1 heterocycles. The number of pyridine rings is 1. The summed E-state index contributed by atoms with van der Waals surface area (Å²) in [5, 5.41) is 6.09. The molecule has 3 heteroatoms. The molecule has 2 aromatic rings. The SMILES string of the molecule is CCCNC(CC(C)OC)c1cncc2ccccc12. The molecule has 1 aromatic carbocycles. The number of ether oxygens (including phenoxy) is 1. The lowest BCUT2D eigenvalue weighted by Crippen LogP contribution is -2.26. The van der Waals surface area contributed by atoms with E-state index in [2.05, 4.69) is 48.4 Å². The highest BCUT2D eigenvalue weighted by atomic mass is 16.5. The van der Waals surface area contributed by atoms with E-state index in [9.17, 15) is 0 Å². The summed E-state index contributed by atoms with van der Waals surface area (Å²) in [4.78, 5) is 4.39. The molecule has 0 aliphatic carbocycles. The van der Waals surface area contributed by atoms with Gasteiger partial charge in [-0.1, -0.05) is 31.2 Å². The van der Waals surface area contributed by atoms with Crippen LogP contribution in [0.4, 0.5) is 0 Å². The molecule has 2 atom stereocenters. The van der Waals surface area contributed by atoms with Crippen molar-refractivity contribution in [2.45, 2.75) is 38.8 Å². The van der Waals surface area contributed by atoms with Gasteiger partial charge in [0.25, 0.3) is 0 Å². The minimum absolute atomic E-state index is 0.225. The largest absolute Gasteiger partial charge is 0.382 e. The van der Waals surface area contributed by atoms with E-state index >= 15 is 0 Å². The minimum atomic E-state index is 0.225. The summed E-state index contributed by atoms with van der Waals surface area (Å²) in [6, 6.07) is 8.71. The summed E-state index contributed by atoms with van der Waals surface area (Å²) < 4.78 is 5.43. The Hall–Kier alpha value is -1.45. The van der Waals surface area contributed by atoms with Crippen molar-refractivity contribution in [2.75, 3.05) is 13.7 Å². The molecule has 3 nitrogen and oxygen atoms in total. The van der Waals surface area contributed by atoms with Crippen molar-refractivity contribution in [3.63, 3.8) is 0 Å². The van der Waals surface area contributed by atoms with Gasteiger partial charge in [0.1, 0.15) is 0 Å². The van der Waals surface area contributed by atoms with Crippen LogP contribution < -0.4 is 5.32 Å². The monoisotopic (exact) mass is 272 g/mol. The van der Waals surface area contributed by atoms with Crippen LogP contribution in [-0.4, -0.2) is 24.7 Å². The molecule has 0 radical (unpaired) electrons. The van der Waals surface area contributed by atoms with E-state index in [1.807, 2.05) is 12.4 Å². The van der Waals surface area contributed by atoms with Crippen LogP contribution in [0, 0.1) is 0 Å². The summed E-state index contributed by atoms with van der Waals surface area (Å²) in [5.74, 6) is 0.